The standard InChI is InChI=1S/C8H12O/c1-7(9)6-8-4-2-3-5-8/h2,4-5,7,9H,3,6H2,1H3/t7-/m1/s1. The van der Waals surface area contributed by atoms with E-state index in [1.165, 1.54) is 5.57 Å². The molecule has 50 valence electrons. The van der Waals surface area contributed by atoms with E-state index in [0.717, 1.165) is 12.8 Å². The summed E-state index contributed by atoms with van der Waals surface area (Å²) in [6.07, 6.45) is 7.98. The lowest BCUT2D eigenvalue weighted by Gasteiger charge is -2.00. The van der Waals surface area contributed by atoms with Crippen LogP contribution in [0.15, 0.2) is 23.8 Å². The maximum Gasteiger partial charge on any atom is 0.0552 e. The molecule has 0 spiro atoms. The van der Waals surface area contributed by atoms with Crippen LogP contribution in [0, 0.1) is 0 Å². The molecule has 0 unspecified atom stereocenters. The Morgan fingerprint density at radius 3 is 3.00 bits per heavy atom. The largest absolute Gasteiger partial charge is 0.393 e. The summed E-state index contributed by atoms with van der Waals surface area (Å²) < 4.78 is 0. The minimum atomic E-state index is -0.195. The third-order valence-corrected chi connectivity index (χ3v) is 1.38. The first-order chi connectivity index (χ1) is 4.29. The van der Waals surface area contributed by atoms with E-state index in [9.17, 15) is 0 Å². The van der Waals surface area contributed by atoms with Crippen molar-refractivity contribution < 1.29 is 5.11 Å². The average Bonchev–Trinajstić information content (AvgIpc) is 2.15. The summed E-state index contributed by atoms with van der Waals surface area (Å²) in [5, 5.41) is 8.94. The minimum absolute atomic E-state index is 0.195. The van der Waals surface area contributed by atoms with Gasteiger partial charge < -0.3 is 5.11 Å². The molecular weight excluding hydrogens is 112 g/mol. The molecule has 0 aromatic carbocycles. The van der Waals surface area contributed by atoms with Gasteiger partial charge >= 0.3 is 0 Å². The van der Waals surface area contributed by atoms with Gasteiger partial charge in [-0.2, -0.15) is 0 Å². The molecule has 0 bridgehead atoms. The highest BCUT2D eigenvalue weighted by Crippen LogP contribution is 2.13. The second-order valence-corrected chi connectivity index (χ2v) is 2.47. The second kappa shape index (κ2) is 2.83. The van der Waals surface area contributed by atoms with Crippen LogP contribution < -0.4 is 0 Å². The second-order valence-electron chi connectivity index (χ2n) is 2.47. The average molecular weight is 124 g/mol. The Morgan fingerprint density at radius 2 is 2.56 bits per heavy atom. The van der Waals surface area contributed by atoms with Crippen LogP contribution in [0.3, 0.4) is 0 Å². The summed E-state index contributed by atoms with van der Waals surface area (Å²) in [6, 6.07) is 0. The van der Waals surface area contributed by atoms with E-state index >= 15 is 0 Å². The van der Waals surface area contributed by atoms with Crippen LogP contribution in [0.5, 0.6) is 0 Å². The van der Waals surface area contributed by atoms with E-state index < -0.39 is 0 Å². The van der Waals surface area contributed by atoms with Crippen molar-refractivity contribution in [2.45, 2.75) is 25.9 Å². The zero-order chi connectivity index (χ0) is 6.69. The molecule has 0 radical (unpaired) electrons. The fraction of sp³-hybridized carbons (Fsp3) is 0.500. The lowest BCUT2D eigenvalue weighted by Crippen LogP contribution is -1.98. The molecule has 1 heteroatoms. The van der Waals surface area contributed by atoms with Crippen LogP contribution in [-0.4, -0.2) is 11.2 Å². The molecular formula is C8H12O. The minimum Gasteiger partial charge on any atom is -0.393 e. The van der Waals surface area contributed by atoms with Crippen molar-refractivity contribution in [1.29, 1.82) is 0 Å². The SMILES string of the molecule is C[C@@H](O)CC1=CCC=C1. The van der Waals surface area contributed by atoms with Crippen molar-refractivity contribution >= 4 is 0 Å². The van der Waals surface area contributed by atoms with Gasteiger partial charge in [-0.1, -0.05) is 18.2 Å². The molecule has 0 saturated heterocycles. The quantitative estimate of drug-likeness (QED) is 0.593. The van der Waals surface area contributed by atoms with Crippen LogP contribution in [-0.2, 0) is 0 Å². The molecule has 0 saturated carbocycles. The van der Waals surface area contributed by atoms with Crippen LogP contribution in [0.2, 0.25) is 0 Å². The Labute approximate surface area is 55.7 Å². The molecule has 1 atom stereocenters. The van der Waals surface area contributed by atoms with Gasteiger partial charge in [0, 0.05) is 0 Å². The van der Waals surface area contributed by atoms with Crippen molar-refractivity contribution in [2.24, 2.45) is 0 Å². The molecule has 1 nitrogen and oxygen atoms in total. The topological polar surface area (TPSA) is 20.2 Å². The Kier molecular flexibility index (Phi) is 2.06. The van der Waals surface area contributed by atoms with E-state index in [0.29, 0.717) is 0 Å². The zero-order valence-electron chi connectivity index (χ0n) is 5.67. The van der Waals surface area contributed by atoms with Crippen LogP contribution >= 0.6 is 0 Å². The Morgan fingerprint density at radius 1 is 1.78 bits per heavy atom. The van der Waals surface area contributed by atoms with E-state index in [-0.39, 0.29) is 6.10 Å². The summed E-state index contributed by atoms with van der Waals surface area (Å²) in [4.78, 5) is 0. The summed E-state index contributed by atoms with van der Waals surface area (Å²) in [5.74, 6) is 0. The Hall–Kier alpha value is -0.560. The lowest BCUT2D eigenvalue weighted by atomic mass is 10.1. The molecule has 0 fully saturated rings. The maximum atomic E-state index is 8.94. The predicted octanol–water partition coefficient (Wildman–Crippen LogP) is 1.64. The van der Waals surface area contributed by atoms with Gasteiger partial charge in [-0.25, -0.2) is 0 Å². The van der Waals surface area contributed by atoms with Gasteiger partial charge in [0.05, 0.1) is 6.10 Å². The number of aliphatic hydroxyl groups excluding tert-OH is 1. The highest BCUT2D eigenvalue weighted by molar-refractivity contribution is 5.26. The lowest BCUT2D eigenvalue weighted by molar-refractivity contribution is 0.196. The van der Waals surface area contributed by atoms with Crippen molar-refractivity contribution in [1.82, 2.24) is 0 Å². The predicted molar refractivity (Wildman–Crippen MR) is 38.1 cm³/mol. The number of hydrogen-bond acceptors (Lipinski definition) is 1. The molecule has 1 aliphatic carbocycles. The Balaban J connectivity index is 2.35. The summed E-state index contributed by atoms with van der Waals surface area (Å²) >= 11 is 0. The highest BCUT2D eigenvalue weighted by Gasteiger charge is 2.00. The smallest absolute Gasteiger partial charge is 0.0552 e. The zero-order valence-corrected chi connectivity index (χ0v) is 5.67. The molecule has 1 rings (SSSR count). The number of allylic oxidation sites excluding steroid dienone is 3. The summed E-state index contributed by atoms with van der Waals surface area (Å²) in [7, 11) is 0. The molecule has 0 aromatic heterocycles. The summed E-state index contributed by atoms with van der Waals surface area (Å²) in [6.45, 7) is 1.81. The van der Waals surface area contributed by atoms with Crippen LogP contribution in [0.1, 0.15) is 19.8 Å². The van der Waals surface area contributed by atoms with E-state index in [2.05, 4.69) is 18.2 Å². The van der Waals surface area contributed by atoms with Gasteiger partial charge in [-0.05, 0) is 25.3 Å². The molecule has 0 aliphatic heterocycles. The van der Waals surface area contributed by atoms with Crippen LogP contribution in [0.4, 0.5) is 0 Å². The first kappa shape index (κ1) is 6.56. The van der Waals surface area contributed by atoms with E-state index in [1.807, 2.05) is 6.92 Å². The van der Waals surface area contributed by atoms with Gasteiger partial charge in [0.15, 0.2) is 0 Å². The maximum absolute atomic E-state index is 8.94. The highest BCUT2D eigenvalue weighted by atomic mass is 16.3. The van der Waals surface area contributed by atoms with E-state index in [1.54, 1.807) is 0 Å². The van der Waals surface area contributed by atoms with Crippen molar-refractivity contribution in [3.63, 3.8) is 0 Å². The number of aliphatic hydroxyl groups is 1. The van der Waals surface area contributed by atoms with Gasteiger partial charge in [0.25, 0.3) is 0 Å². The van der Waals surface area contributed by atoms with Gasteiger partial charge in [0.1, 0.15) is 0 Å². The molecule has 0 heterocycles. The van der Waals surface area contributed by atoms with Gasteiger partial charge in [-0.15, -0.1) is 0 Å². The third kappa shape index (κ3) is 2.02. The molecule has 1 N–H and O–H groups in total. The monoisotopic (exact) mass is 124 g/mol. The third-order valence-electron chi connectivity index (χ3n) is 1.38. The van der Waals surface area contributed by atoms with E-state index in [4.69, 9.17) is 5.11 Å². The first-order valence-corrected chi connectivity index (χ1v) is 3.32. The fourth-order valence-corrected chi connectivity index (χ4v) is 0.999. The molecule has 9 heavy (non-hydrogen) atoms. The number of hydrogen-bond donors (Lipinski definition) is 1. The van der Waals surface area contributed by atoms with Gasteiger partial charge in [-0.3, -0.25) is 0 Å². The van der Waals surface area contributed by atoms with Gasteiger partial charge in [0.2, 0.25) is 0 Å². The molecule has 0 aromatic rings. The molecule has 1 aliphatic rings. The fourth-order valence-electron chi connectivity index (χ4n) is 0.999. The van der Waals surface area contributed by atoms with Crippen molar-refractivity contribution in [2.75, 3.05) is 0 Å². The first-order valence-electron chi connectivity index (χ1n) is 3.32. The van der Waals surface area contributed by atoms with Crippen molar-refractivity contribution in [3.05, 3.63) is 23.8 Å². The molecule has 0 amide bonds. The summed E-state index contributed by atoms with van der Waals surface area (Å²) in [5.41, 5.74) is 1.27. The van der Waals surface area contributed by atoms with Crippen molar-refractivity contribution in [3.8, 4) is 0 Å². The number of rotatable bonds is 2. The normalized spacial score (nSPS) is 20.0. The van der Waals surface area contributed by atoms with Crippen LogP contribution in [0.25, 0.3) is 0 Å². The Bertz CT molecular complexity index is 143.